The van der Waals surface area contributed by atoms with E-state index >= 15 is 0 Å². The normalized spacial score (nSPS) is 29.2. The third-order valence-electron chi connectivity index (χ3n) is 2.01. The van der Waals surface area contributed by atoms with Crippen molar-refractivity contribution in [2.45, 2.75) is 38.6 Å². The average Bonchev–Trinajstić information content (AvgIpc) is 2.47. The Morgan fingerprint density at radius 1 is 1.25 bits per heavy atom. The maximum absolute atomic E-state index is 12.5. The highest BCUT2D eigenvalue weighted by Gasteiger charge is 2.46. The molecule has 0 amide bonds. The van der Waals surface area contributed by atoms with Crippen molar-refractivity contribution in [3.05, 3.63) is 0 Å². The molecule has 0 saturated carbocycles. The van der Waals surface area contributed by atoms with Gasteiger partial charge in [-0.3, -0.25) is 9.59 Å². The van der Waals surface area contributed by atoms with E-state index in [-0.39, 0.29) is 6.61 Å². The highest BCUT2D eigenvalue weighted by molar-refractivity contribution is 5.67. The summed E-state index contributed by atoms with van der Waals surface area (Å²) in [6, 6.07) is 0. The Morgan fingerprint density at radius 3 is 2.25 bits per heavy atom. The zero-order chi connectivity index (χ0) is 12.3. The number of halogens is 2. The van der Waals surface area contributed by atoms with Crippen LogP contribution in [0.4, 0.5) is 8.78 Å². The van der Waals surface area contributed by atoms with Gasteiger partial charge >= 0.3 is 11.9 Å². The van der Waals surface area contributed by atoms with Crippen molar-refractivity contribution in [3.8, 4) is 0 Å². The highest BCUT2D eigenvalue weighted by Crippen LogP contribution is 2.25. The smallest absolute Gasteiger partial charge is 0.303 e. The molecular formula is C9H12F2O5. The minimum absolute atomic E-state index is 0.202. The summed E-state index contributed by atoms with van der Waals surface area (Å²) in [6.07, 6.45) is -6.57. The molecule has 0 bridgehead atoms. The molecule has 16 heavy (non-hydrogen) atoms. The summed E-state index contributed by atoms with van der Waals surface area (Å²) in [5, 5.41) is 0. The molecule has 1 aliphatic heterocycles. The fourth-order valence-electron chi connectivity index (χ4n) is 1.47. The Labute approximate surface area is 90.6 Å². The first kappa shape index (κ1) is 12.8. The number of carbonyl (C=O) groups excluding carboxylic acids is 2. The standard InChI is InChI=1S/C9H12F2O5/c1-4(12)15-6-3-14-8(9(10)11)7(6)16-5(2)13/h6-9H,3H2,1-2H3/t6-,7-,8-/m1/s1. The molecule has 1 saturated heterocycles. The third kappa shape index (κ3) is 3.13. The summed E-state index contributed by atoms with van der Waals surface area (Å²) < 4.78 is 39.1. The van der Waals surface area contributed by atoms with Gasteiger partial charge in [0.2, 0.25) is 0 Å². The zero-order valence-corrected chi connectivity index (χ0v) is 8.81. The van der Waals surface area contributed by atoms with Gasteiger partial charge in [0.15, 0.2) is 18.3 Å². The SMILES string of the molecule is CC(=O)O[C@@H]1[C@H](OC(C)=O)CO[C@H]1C(F)F. The number of carbonyl (C=O) groups is 2. The second kappa shape index (κ2) is 5.20. The molecule has 0 aliphatic carbocycles. The van der Waals surface area contributed by atoms with Crippen molar-refractivity contribution < 1.29 is 32.6 Å². The van der Waals surface area contributed by atoms with E-state index in [1.165, 1.54) is 0 Å². The molecule has 3 atom stereocenters. The largest absolute Gasteiger partial charge is 0.456 e. The summed E-state index contributed by atoms with van der Waals surface area (Å²) >= 11 is 0. The number of esters is 2. The molecule has 0 unspecified atom stereocenters. The topological polar surface area (TPSA) is 61.8 Å². The highest BCUT2D eigenvalue weighted by atomic mass is 19.3. The number of hydrogen-bond donors (Lipinski definition) is 0. The van der Waals surface area contributed by atoms with Gasteiger partial charge in [-0.2, -0.15) is 0 Å². The van der Waals surface area contributed by atoms with Crippen LogP contribution in [0.5, 0.6) is 0 Å². The Morgan fingerprint density at radius 2 is 1.81 bits per heavy atom. The molecule has 0 spiro atoms. The van der Waals surface area contributed by atoms with Crippen LogP contribution in [0.15, 0.2) is 0 Å². The van der Waals surface area contributed by atoms with E-state index in [0.29, 0.717) is 0 Å². The first-order chi connectivity index (χ1) is 7.41. The lowest BCUT2D eigenvalue weighted by molar-refractivity contribution is -0.166. The maximum atomic E-state index is 12.5. The van der Waals surface area contributed by atoms with E-state index in [1.54, 1.807) is 0 Å². The van der Waals surface area contributed by atoms with E-state index in [4.69, 9.17) is 9.47 Å². The Hall–Kier alpha value is -1.24. The van der Waals surface area contributed by atoms with Crippen molar-refractivity contribution in [2.24, 2.45) is 0 Å². The van der Waals surface area contributed by atoms with Crippen LogP contribution in [-0.4, -0.2) is 43.3 Å². The third-order valence-corrected chi connectivity index (χ3v) is 2.01. The molecule has 92 valence electrons. The molecule has 0 aromatic rings. The minimum atomic E-state index is -2.80. The van der Waals surface area contributed by atoms with Crippen molar-refractivity contribution in [1.82, 2.24) is 0 Å². The fraction of sp³-hybridized carbons (Fsp3) is 0.778. The monoisotopic (exact) mass is 238 g/mol. The van der Waals surface area contributed by atoms with Crippen molar-refractivity contribution in [3.63, 3.8) is 0 Å². The Bertz CT molecular complexity index is 281. The molecule has 1 heterocycles. The quantitative estimate of drug-likeness (QED) is 0.670. The summed E-state index contributed by atoms with van der Waals surface area (Å²) in [5.74, 6) is -1.36. The van der Waals surface area contributed by atoms with Gasteiger partial charge in [0.05, 0.1) is 6.61 Å². The van der Waals surface area contributed by atoms with Gasteiger partial charge in [0, 0.05) is 13.8 Å². The molecule has 1 aliphatic rings. The summed E-state index contributed by atoms with van der Waals surface area (Å²) in [7, 11) is 0. The first-order valence-electron chi connectivity index (χ1n) is 4.66. The maximum Gasteiger partial charge on any atom is 0.303 e. The molecule has 5 nitrogen and oxygen atoms in total. The lowest BCUT2D eigenvalue weighted by Gasteiger charge is -2.21. The summed E-state index contributed by atoms with van der Waals surface area (Å²) in [5.41, 5.74) is 0. The predicted octanol–water partition coefficient (Wildman–Crippen LogP) is 0.514. The van der Waals surface area contributed by atoms with Crippen LogP contribution in [-0.2, 0) is 23.8 Å². The first-order valence-corrected chi connectivity index (χ1v) is 4.66. The Balaban J connectivity index is 2.70. The Kier molecular flexibility index (Phi) is 4.17. The van der Waals surface area contributed by atoms with Crippen molar-refractivity contribution in [1.29, 1.82) is 0 Å². The van der Waals surface area contributed by atoms with Gasteiger partial charge in [-0.25, -0.2) is 8.78 Å². The molecule has 1 fully saturated rings. The van der Waals surface area contributed by atoms with Crippen LogP contribution in [0.3, 0.4) is 0 Å². The average molecular weight is 238 g/mol. The van der Waals surface area contributed by atoms with E-state index in [1.807, 2.05) is 0 Å². The van der Waals surface area contributed by atoms with E-state index in [0.717, 1.165) is 13.8 Å². The minimum Gasteiger partial charge on any atom is -0.456 e. The zero-order valence-electron chi connectivity index (χ0n) is 8.81. The number of alkyl halides is 2. The van der Waals surface area contributed by atoms with Crippen molar-refractivity contribution >= 4 is 11.9 Å². The van der Waals surface area contributed by atoms with Crippen LogP contribution in [0.25, 0.3) is 0 Å². The number of ether oxygens (including phenoxy) is 3. The van der Waals surface area contributed by atoms with Crippen LogP contribution in [0, 0.1) is 0 Å². The fourth-order valence-corrected chi connectivity index (χ4v) is 1.47. The lowest BCUT2D eigenvalue weighted by atomic mass is 10.1. The van der Waals surface area contributed by atoms with Gasteiger partial charge < -0.3 is 14.2 Å². The number of hydrogen-bond acceptors (Lipinski definition) is 5. The van der Waals surface area contributed by atoms with Crippen LogP contribution in [0.2, 0.25) is 0 Å². The molecule has 1 rings (SSSR count). The van der Waals surface area contributed by atoms with Gasteiger partial charge in [0.25, 0.3) is 6.43 Å². The van der Waals surface area contributed by atoms with Gasteiger partial charge in [-0.05, 0) is 0 Å². The molecule has 0 N–H and O–H groups in total. The van der Waals surface area contributed by atoms with Crippen LogP contribution >= 0.6 is 0 Å². The number of rotatable bonds is 3. The second-order valence-electron chi connectivity index (χ2n) is 3.35. The predicted molar refractivity (Wildman–Crippen MR) is 46.9 cm³/mol. The molecule has 0 aromatic heterocycles. The molecule has 0 radical (unpaired) electrons. The van der Waals surface area contributed by atoms with Gasteiger partial charge in [-0.1, -0.05) is 0 Å². The van der Waals surface area contributed by atoms with E-state index in [2.05, 4.69) is 4.74 Å². The summed E-state index contributed by atoms with van der Waals surface area (Å²) in [4.78, 5) is 21.4. The molecule has 0 aromatic carbocycles. The molecular weight excluding hydrogens is 226 g/mol. The summed E-state index contributed by atoms with van der Waals surface area (Å²) in [6.45, 7) is 2.03. The van der Waals surface area contributed by atoms with Crippen LogP contribution < -0.4 is 0 Å². The van der Waals surface area contributed by atoms with Gasteiger partial charge in [0.1, 0.15) is 0 Å². The van der Waals surface area contributed by atoms with Crippen LogP contribution in [0.1, 0.15) is 13.8 Å². The van der Waals surface area contributed by atoms with Crippen molar-refractivity contribution in [2.75, 3.05) is 6.61 Å². The van der Waals surface area contributed by atoms with Gasteiger partial charge in [-0.15, -0.1) is 0 Å². The molecule has 7 heteroatoms. The van der Waals surface area contributed by atoms with E-state index < -0.39 is 36.7 Å². The second-order valence-corrected chi connectivity index (χ2v) is 3.35. The lowest BCUT2D eigenvalue weighted by Crippen LogP contribution is -2.40. The van der Waals surface area contributed by atoms with E-state index in [9.17, 15) is 18.4 Å².